The van der Waals surface area contributed by atoms with E-state index in [4.69, 9.17) is 9.47 Å². The minimum Gasteiger partial charge on any atom is -0.383 e. The van der Waals surface area contributed by atoms with Gasteiger partial charge in [0.1, 0.15) is 5.70 Å². The number of imide groups is 1. The summed E-state index contributed by atoms with van der Waals surface area (Å²) in [5, 5.41) is 0. The van der Waals surface area contributed by atoms with Gasteiger partial charge in [0.25, 0.3) is 11.8 Å². The van der Waals surface area contributed by atoms with Crippen LogP contribution in [-0.4, -0.2) is 57.2 Å². The van der Waals surface area contributed by atoms with Gasteiger partial charge in [-0.3, -0.25) is 9.59 Å². The standard InChI is InChI=1S/C26H32N2O4/c1-17-7-8-19(3)22(15-17)28-25(29)23(21-10-9-18(2)20(4)16-21)24(26(28)30)27(11-13-31-5)12-14-32-6/h7-10,15-16H,11-14H2,1-6H3. The normalized spacial score (nSPS) is 14.0. The van der Waals surface area contributed by atoms with Crippen LogP contribution in [0.2, 0.25) is 0 Å². The number of hydrogen-bond acceptors (Lipinski definition) is 5. The summed E-state index contributed by atoms with van der Waals surface area (Å²) in [6, 6.07) is 11.7. The molecule has 0 saturated carbocycles. The molecule has 6 heteroatoms. The topological polar surface area (TPSA) is 59.1 Å². The van der Waals surface area contributed by atoms with Gasteiger partial charge in [-0.2, -0.15) is 0 Å². The van der Waals surface area contributed by atoms with Crippen LogP contribution in [0.1, 0.15) is 27.8 Å². The quantitative estimate of drug-likeness (QED) is 0.560. The molecule has 32 heavy (non-hydrogen) atoms. The smallest absolute Gasteiger partial charge is 0.282 e. The molecule has 6 nitrogen and oxygen atoms in total. The lowest BCUT2D eigenvalue weighted by Crippen LogP contribution is -2.38. The zero-order valence-corrected chi connectivity index (χ0v) is 19.8. The van der Waals surface area contributed by atoms with E-state index in [9.17, 15) is 9.59 Å². The number of amides is 2. The van der Waals surface area contributed by atoms with Gasteiger partial charge in [-0.25, -0.2) is 4.90 Å². The number of ether oxygens (including phenoxy) is 2. The van der Waals surface area contributed by atoms with Gasteiger partial charge in [-0.1, -0.05) is 30.3 Å². The van der Waals surface area contributed by atoms with Crippen LogP contribution in [0.5, 0.6) is 0 Å². The fourth-order valence-corrected chi connectivity index (χ4v) is 3.89. The van der Waals surface area contributed by atoms with Gasteiger partial charge in [0.05, 0.1) is 24.5 Å². The molecule has 170 valence electrons. The van der Waals surface area contributed by atoms with Crippen molar-refractivity contribution in [2.24, 2.45) is 0 Å². The highest BCUT2D eigenvalue weighted by Gasteiger charge is 2.43. The summed E-state index contributed by atoms with van der Waals surface area (Å²) in [4.78, 5) is 30.8. The van der Waals surface area contributed by atoms with Crippen LogP contribution in [0, 0.1) is 27.7 Å². The van der Waals surface area contributed by atoms with Crippen LogP contribution in [0.3, 0.4) is 0 Å². The third kappa shape index (κ3) is 4.61. The van der Waals surface area contributed by atoms with E-state index in [1.165, 1.54) is 4.90 Å². The summed E-state index contributed by atoms with van der Waals surface area (Å²) < 4.78 is 10.6. The Morgan fingerprint density at radius 1 is 0.781 bits per heavy atom. The maximum absolute atomic E-state index is 13.8. The molecular weight excluding hydrogens is 404 g/mol. The lowest BCUT2D eigenvalue weighted by atomic mass is 9.99. The lowest BCUT2D eigenvalue weighted by Gasteiger charge is -2.26. The van der Waals surface area contributed by atoms with Crippen molar-refractivity contribution >= 4 is 23.1 Å². The van der Waals surface area contributed by atoms with Crippen LogP contribution in [0.25, 0.3) is 5.57 Å². The van der Waals surface area contributed by atoms with Crippen LogP contribution in [0.15, 0.2) is 42.1 Å². The van der Waals surface area contributed by atoms with Crippen molar-refractivity contribution in [2.75, 3.05) is 45.4 Å². The predicted molar refractivity (Wildman–Crippen MR) is 127 cm³/mol. The number of methoxy groups -OCH3 is 2. The van der Waals surface area contributed by atoms with Gasteiger partial charge in [-0.05, 0) is 61.6 Å². The molecule has 1 heterocycles. The summed E-state index contributed by atoms with van der Waals surface area (Å²) in [5.74, 6) is -0.620. The molecule has 0 N–H and O–H groups in total. The highest BCUT2D eigenvalue weighted by atomic mass is 16.5. The van der Waals surface area contributed by atoms with Gasteiger partial charge in [0, 0.05) is 27.3 Å². The van der Waals surface area contributed by atoms with Crippen LogP contribution < -0.4 is 4.90 Å². The molecule has 0 saturated heterocycles. The number of aryl methyl sites for hydroxylation is 4. The molecule has 0 aromatic heterocycles. The lowest BCUT2D eigenvalue weighted by molar-refractivity contribution is -0.120. The number of hydrogen-bond donors (Lipinski definition) is 0. The van der Waals surface area contributed by atoms with Crippen LogP contribution >= 0.6 is 0 Å². The number of carbonyl (C=O) groups is 2. The van der Waals surface area contributed by atoms with Crippen molar-refractivity contribution in [1.82, 2.24) is 4.90 Å². The minimum atomic E-state index is -0.316. The van der Waals surface area contributed by atoms with Crippen molar-refractivity contribution < 1.29 is 19.1 Å². The molecule has 0 radical (unpaired) electrons. The summed E-state index contributed by atoms with van der Waals surface area (Å²) in [6.45, 7) is 9.72. The Hall–Kier alpha value is -2.96. The van der Waals surface area contributed by atoms with Crippen LogP contribution in [-0.2, 0) is 19.1 Å². The molecule has 0 bridgehead atoms. The second-order valence-corrected chi connectivity index (χ2v) is 8.23. The number of rotatable bonds is 9. The van der Waals surface area contributed by atoms with Crippen molar-refractivity contribution in [3.05, 3.63) is 69.9 Å². The van der Waals surface area contributed by atoms with E-state index in [0.29, 0.717) is 43.3 Å². The maximum atomic E-state index is 13.8. The summed E-state index contributed by atoms with van der Waals surface area (Å²) >= 11 is 0. The largest absolute Gasteiger partial charge is 0.383 e. The molecule has 2 aromatic rings. The van der Waals surface area contributed by atoms with E-state index in [1.54, 1.807) is 14.2 Å². The second kappa shape index (κ2) is 10.1. The van der Waals surface area contributed by atoms with E-state index in [-0.39, 0.29) is 11.8 Å². The Kier molecular flexibility index (Phi) is 7.48. The van der Waals surface area contributed by atoms with Crippen molar-refractivity contribution in [1.29, 1.82) is 0 Å². The third-order valence-corrected chi connectivity index (χ3v) is 5.91. The van der Waals surface area contributed by atoms with E-state index in [2.05, 4.69) is 0 Å². The molecule has 1 aliphatic rings. The average molecular weight is 437 g/mol. The Balaban J connectivity index is 2.19. The van der Waals surface area contributed by atoms with Gasteiger partial charge >= 0.3 is 0 Å². The van der Waals surface area contributed by atoms with E-state index in [1.807, 2.05) is 69.0 Å². The average Bonchev–Trinajstić information content (AvgIpc) is 3.02. The fraction of sp³-hybridized carbons (Fsp3) is 0.385. The van der Waals surface area contributed by atoms with Crippen molar-refractivity contribution in [3.63, 3.8) is 0 Å². The highest BCUT2D eigenvalue weighted by Crippen LogP contribution is 2.36. The summed E-state index contributed by atoms with van der Waals surface area (Å²) in [7, 11) is 3.24. The van der Waals surface area contributed by atoms with Crippen molar-refractivity contribution in [3.8, 4) is 0 Å². The molecule has 2 aromatic carbocycles. The molecule has 1 aliphatic heterocycles. The van der Waals surface area contributed by atoms with Gasteiger partial charge in [0.2, 0.25) is 0 Å². The van der Waals surface area contributed by atoms with Crippen LogP contribution in [0.4, 0.5) is 5.69 Å². The number of nitrogens with zero attached hydrogens (tertiary/aromatic N) is 2. The van der Waals surface area contributed by atoms with E-state index < -0.39 is 0 Å². The van der Waals surface area contributed by atoms with Crippen molar-refractivity contribution in [2.45, 2.75) is 27.7 Å². The second-order valence-electron chi connectivity index (χ2n) is 8.23. The predicted octanol–water partition coefficient (Wildman–Crippen LogP) is 3.80. The first-order valence-corrected chi connectivity index (χ1v) is 10.8. The van der Waals surface area contributed by atoms with Gasteiger partial charge < -0.3 is 14.4 Å². The monoisotopic (exact) mass is 436 g/mol. The molecular formula is C26H32N2O4. The number of anilines is 1. The van der Waals surface area contributed by atoms with Gasteiger partial charge in [-0.15, -0.1) is 0 Å². The molecule has 3 rings (SSSR count). The first kappa shape index (κ1) is 23.7. The first-order valence-electron chi connectivity index (χ1n) is 10.8. The molecule has 0 spiro atoms. The number of benzene rings is 2. The Bertz CT molecular complexity index is 1050. The highest BCUT2D eigenvalue weighted by molar-refractivity contribution is 6.45. The van der Waals surface area contributed by atoms with E-state index in [0.717, 1.165) is 27.8 Å². The molecule has 0 aliphatic carbocycles. The Morgan fingerprint density at radius 2 is 1.41 bits per heavy atom. The molecule has 2 amide bonds. The molecule has 0 unspecified atom stereocenters. The Labute approximate surface area is 190 Å². The zero-order chi connectivity index (χ0) is 23.4. The Morgan fingerprint density at radius 3 is 2.00 bits per heavy atom. The maximum Gasteiger partial charge on any atom is 0.282 e. The first-order chi connectivity index (χ1) is 15.3. The SMILES string of the molecule is COCCN(CCOC)C1=C(c2ccc(C)c(C)c2)C(=O)N(c2cc(C)ccc2C)C1=O. The zero-order valence-electron chi connectivity index (χ0n) is 19.8. The molecule has 0 atom stereocenters. The summed E-state index contributed by atoms with van der Waals surface area (Å²) in [6.07, 6.45) is 0. The third-order valence-electron chi connectivity index (χ3n) is 5.91. The number of carbonyl (C=O) groups excluding carboxylic acids is 2. The molecule has 0 fully saturated rings. The fourth-order valence-electron chi connectivity index (χ4n) is 3.89. The van der Waals surface area contributed by atoms with Gasteiger partial charge in [0.15, 0.2) is 0 Å². The summed E-state index contributed by atoms with van der Waals surface area (Å²) in [5.41, 5.74) is 6.25. The van der Waals surface area contributed by atoms with E-state index >= 15 is 0 Å². The minimum absolute atomic E-state index is 0.304.